The molecule has 0 saturated heterocycles. The van der Waals surface area contributed by atoms with E-state index in [0.29, 0.717) is 28.6 Å². The summed E-state index contributed by atoms with van der Waals surface area (Å²) in [5.41, 5.74) is 2.86. The molecule has 0 unspecified atom stereocenters. The van der Waals surface area contributed by atoms with Gasteiger partial charge in [-0.2, -0.15) is 0 Å². The van der Waals surface area contributed by atoms with Crippen LogP contribution in [0.1, 0.15) is 34.4 Å². The normalized spacial score (nSPS) is 11.6. The third kappa shape index (κ3) is 5.11. The van der Waals surface area contributed by atoms with E-state index in [2.05, 4.69) is 21.6 Å². The van der Waals surface area contributed by atoms with Crippen molar-refractivity contribution in [3.05, 3.63) is 82.3 Å². The molecule has 2 aromatic heterocycles. The molecule has 0 spiro atoms. The minimum atomic E-state index is -4.03. The van der Waals surface area contributed by atoms with Crippen molar-refractivity contribution in [2.45, 2.75) is 37.1 Å². The fraction of sp³-hybridized carbons (Fsp3) is 0.208. The quantitative estimate of drug-likeness (QED) is 0.349. The lowest BCUT2D eigenvalue weighted by Gasteiger charge is -2.10. The highest BCUT2D eigenvalue weighted by Crippen LogP contribution is 2.27. The van der Waals surface area contributed by atoms with Crippen molar-refractivity contribution in [1.29, 1.82) is 0 Å². The predicted molar refractivity (Wildman–Crippen MR) is 135 cm³/mol. The summed E-state index contributed by atoms with van der Waals surface area (Å²) < 4.78 is 29.2. The molecule has 0 aliphatic heterocycles. The molecule has 4 rings (SSSR count). The van der Waals surface area contributed by atoms with Crippen LogP contribution >= 0.6 is 23.4 Å². The molecule has 7 nitrogen and oxygen atoms in total. The van der Waals surface area contributed by atoms with Crippen LogP contribution in [0, 0.1) is 13.8 Å². The Bertz CT molecular complexity index is 1480. The average molecular weight is 515 g/mol. The highest BCUT2D eigenvalue weighted by atomic mass is 35.5. The molecule has 4 aromatic rings. The summed E-state index contributed by atoms with van der Waals surface area (Å²) >= 11 is 8.22. The fourth-order valence-corrected chi connectivity index (χ4v) is 5.43. The Morgan fingerprint density at radius 2 is 1.79 bits per heavy atom. The van der Waals surface area contributed by atoms with Gasteiger partial charge in [-0.05, 0) is 61.6 Å². The molecule has 0 bridgehead atoms. The van der Waals surface area contributed by atoms with E-state index >= 15 is 0 Å². The minimum Gasteiger partial charge on any atom is -0.308 e. The number of carbonyl (C=O) groups is 1. The molecule has 0 saturated carbocycles. The number of hydrogen-bond acceptors (Lipinski definition) is 6. The van der Waals surface area contributed by atoms with Crippen LogP contribution in [0.15, 0.2) is 64.4 Å². The molecule has 1 N–H and O–H groups in total. The molecule has 10 heteroatoms. The SMILES string of the molecule is CCSc1ccc(Cn2c(C)nc3ccc(C(=O)NS(=O)(=O)c4ccc(C)cc4)nc32)c(Cl)c1. The first-order chi connectivity index (χ1) is 16.2. The number of rotatable bonds is 7. The lowest BCUT2D eigenvalue weighted by atomic mass is 10.2. The van der Waals surface area contributed by atoms with Crippen molar-refractivity contribution in [2.75, 3.05) is 5.75 Å². The summed E-state index contributed by atoms with van der Waals surface area (Å²) in [5, 5.41) is 0.637. The first kappa shape index (κ1) is 24.3. The first-order valence-electron chi connectivity index (χ1n) is 10.6. The predicted octanol–water partition coefficient (Wildman–Crippen LogP) is 4.98. The van der Waals surface area contributed by atoms with Crippen molar-refractivity contribution in [2.24, 2.45) is 0 Å². The van der Waals surface area contributed by atoms with Gasteiger partial charge in [0.05, 0.1) is 11.4 Å². The average Bonchev–Trinajstić information content (AvgIpc) is 3.10. The van der Waals surface area contributed by atoms with Crippen LogP contribution in [-0.4, -0.2) is 34.6 Å². The molecule has 176 valence electrons. The van der Waals surface area contributed by atoms with Gasteiger partial charge in [-0.3, -0.25) is 4.79 Å². The number of benzene rings is 2. The summed E-state index contributed by atoms with van der Waals surface area (Å²) in [6.45, 7) is 6.19. The monoisotopic (exact) mass is 514 g/mol. The van der Waals surface area contributed by atoms with Crippen molar-refractivity contribution in [3.8, 4) is 0 Å². The van der Waals surface area contributed by atoms with Crippen molar-refractivity contribution >= 4 is 50.5 Å². The van der Waals surface area contributed by atoms with Gasteiger partial charge >= 0.3 is 0 Å². The van der Waals surface area contributed by atoms with E-state index in [1.54, 1.807) is 30.0 Å². The van der Waals surface area contributed by atoms with E-state index < -0.39 is 15.9 Å². The van der Waals surface area contributed by atoms with Crippen LogP contribution in [0.2, 0.25) is 5.02 Å². The number of nitrogens with one attached hydrogen (secondary N) is 1. The summed E-state index contributed by atoms with van der Waals surface area (Å²) in [5.74, 6) is 0.845. The number of aryl methyl sites for hydroxylation is 2. The molecule has 0 aliphatic carbocycles. The van der Waals surface area contributed by atoms with Crippen molar-refractivity contribution in [1.82, 2.24) is 19.3 Å². The molecule has 2 aromatic carbocycles. The Balaban J connectivity index is 1.63. The number of hydrogen-bond donors (Lipinski definition) is 1. The molecule has 1 amide bonds. The maximum Gasteiger partial charge on any atom is 0.283 e. The maximum atomic E-state index is 12.8. The van der Waals surface area contributed by atoms with Crippen LogP contribution in [0.25, 0.3) is 11.2 Å². The zero-order chi connectivity index (χ0) is 24.5. The highest BCUT2D eigenvalue weighted by Gasteiger charge is 2.21. The zero-order valence-corrected chi connectivity index (χ0v) is 21.3. The summed E-state index contributed by atoms with van der Waals surface area (Å²) in [7, 11) is -4.03. The van der Waals surface area contributed by atoms with Gasteiger partial charge in [0.2, 0.25) is 0 Å². The van der Waals surface area contributed by atoms with E-state index in [-0.39, 0.29) is 10.6 Å². The van der Waals surface area contributed by atoms with E-state index in [9.17, 15) is 13.2 Å². The van der Waals surface area contributed by atoms with Crippen LogP contribution in [-0.2, 0) is 16.6 Å². The van der Waals surface area contributed by atoms with Gasteiger partial charge < -0.3 is 4.57 Å². The highest BCUT2D eigenvalue weighted by molar-refractivity contribution is 7.99. The van der Waals surface area contributed by atoms with Crippen LogP contribution in [0.5, 0.6) is 0 Å². The van der Waals surface area contributed by atoms with Gasteiger partial charge in [0.1, 0.15) is 17.0 Å². The van der Waals surface area contributed by atoms with Gasteiger partial charge in [-0.25, -0.2) is 23.1 Å². The van der Waals surface area contributed by atoms with Gasteiger partial charge in [0, 0.05) is 9.92 Å². The number of pyridine rings is 1. The van der Waals surface area contributed by atoms with Crippen molar-refractivity contribution in [3.63, 3.8) is 0 Å². The van der Waals surface area contributed by atoms with Crippen LogP contribution in [0.3, 0.4) is 0 Å². The second-order valence-corrected chi connectivity index (χ2v) is 11.1. The summed E-state index contributed by atoms with van der Waals surface area (Å²) in [6.07, 6.45) is 0. The second kappa shape index (κ2) is 9.77. The third-order valence-electron chi connectivity index (χ3n) is 5.24. The lowest BCUT2D eigenvalue weighted by molar-refractivity contribution is 0.0977. The van der Waals surface area contributed by atoms with E-state index in [1.807, 2.05) is 36.6 Å². The van der Waals surface area contributed by atoms with Crippen molar-refractivity contribution < 1.29 is 13.2 Å². The maximum absolute atomic E-state index is 12.8. The number of sulfonamides is 1. The van der Waals surface area contributed by atoms with Crippen LogP contribution < -0.4 is 4.72 Å². The Kier molecular flexibility index (Phi) is 6.97. The standard InChI is InChI=1S/C24H23ClN4O3S2/c1-4-33-18-8-7-17(20(25)13-18)14-29-16(3)26-21-11-12-22(27-23(21)29)24(30)28-34(31,32)19-9-5-15(2)6-10-19/h5-13H,4,14H2,1-3H3,(H,28,30). The molecular weight excluding hydrogens is 492 g/mol. The van der Waals surface area contributed by atoms with Gasteiger partial charge in [0.25, 0.3) is 15.9 Å². The van der Waals surface area contributed by atoms with E-state index in [0.717, 1.165) is 21.8 Å². The fourth-order valence-electron chi connectivity index (χ4n) is 3.46. The molecule has 0 fully saturated rings. The Hall–Kier alpha value is -2.88. The molecule has 0 aliphatic rings. The van der Waals surface area contributed by atoms with Gasteiger partial charge in [0.15, 0.2) is 5.65 Å². The van der Waals surface area contributed by atoms with E-state index in [1.165, 1.54) is 18.2 Å². The Labute approximate surface area is 207 Å². The summed E-state index contributed by atoms with van der Waals surface area (Å²) in [6, 6.07) is 15.3. The summed E-state index contributed by atoms with van der Waals surface area (Å²) in [4.78, 5) is 22.8. The number of amides is 1. The third-order valence-corrected chi connectivity index (χ3v) is 7.81. The second-order valence-electron chi connectivity index (χ2n) is 7.72. The Morgan fingerprint density at radius 1 is 1.06 bits per heavy atom. The smallest absolute Gasteiger partial charge is 0.283 e. The number of imidazole rings is 1. The molecule has 34 heavy (non-hydrogen) atoms. The number of fused-ring (bicyclic) bond motifs is 1. The molecule has 0 radical (unpaired) electrons. The number of thioether (sulfide) groups is 1. The Morgan fingerprint density at radius 3 is 2.47 bits per heavy atom. The van der Waals surface area contributed by atoms with E-state index in [4.69, 9.17) is 11.6 Å². The number of carbonyl (C=O) groups excluding carboxylic acids is 1. The number of nitrogens with zero attached hydrogens (tertiary/aromatic N) is 3. The minimum absolute atomic E-state index is 0.00717. The van der Waals surface area contributed by atoms with Crippen LogP contribution in [0.4, 0.5) is 0 Å². The molecule has 0 atom stereocenters. The number of halogens is 1. The topological polar surface area (TPSA) is 94.0 Å². The largest absolute Gasteiger partial charge is 0.308 e. The lowest BCUT2D eigenvalue weighted by Crippen LogP contribution is -2.31. The molecule has 2 heterocycles. The molecular formula is C24H23ClN4O3S2. The first-order valence-corrected chi connectivity index (χ1v) is 13.4. The zero-order valence-electron chi connectivity index (χ0n) is 18.9. The van der Waals surface area contributed by atoms with Gasteiger partial charge in [-0.15, -0.1) is 11.8 Å². The number of aromatic nitrogens is 3. The van der Waals surface area contributed by atoms with Gasteiger partial charge in [-0.1, -0.05) is 42.3 Å².